The predicted octanol–water partition coefficient (Wildman–Crippen LogP) is 4.58. The van der Waals surface area contributed by atoms with E-state index in [9.17, 15) is 9.50 Å². The minimum atomic E-state index is -0.478. The summed E-state index contributed by atoms with van der Waals surface area (Å²) in [5, 5.41) is 13.0. The molecular weight excluding hydrogens is 300 g/mol. The largest absolute Gasteiger partial charge is 0.396 e. The van der Waals surface area contributed by atoms with Gasteiger partial charge in [0.05, 0.1) is 5.02 Å². The Hall–Kier alpha value is -0.350. The number of nitrogens with one attached hydrogen (secondary N) is 1. The molecule has 0 saturated heterocycles. The first-order chi connectivity index (χ1) is 9.16. The first-order valence-corrected chi connectivity index (χ1v) is 7.43. The Labute approximate surface area is 130 Å². The second kappa shape index (κ2) is 7.08. The van der Waals surface area contributed by atoms with Crippen LogP contribution >= 0.6 is 23.2 Å². The van der Waals surface area contributed by atoms with Gasteiger partial charge in [0, 0.05) is 23.7 Å². The quantitative estimate of drug-likeness (QED) is 0.778. The van der Waals surface area contributed by atoms with Gasteiger partial charge in [-0.2, -0.15) is 0 Å². The van der Waals surface area contributed by atoms with E-state index in [-0.39, 0.29) is 29.1 Å². The number of benzene rings is 1. The average Bonchev–Trinajstić information content (AvgIpc) is 2.32. The number of hydrogen-bond acceptors (Lipinski definition) is 2. The van der Waals surface area contributed by atoms with Crippen LogP contribution in [0.5, 0.6) is 0 Å². The summed E-state index contributed by atoms with van der Waals surface area (Å²) in [6, 6.07) is 2.74. The lowest BCUT2D eigenvalue weighted by Gasteiger charge is -2.34. The van der Waals surface area contributed by atoms with Crippen molar-refractivity contribution >= 4 is 23.2 Å². The molecule has 0 amide bonds. The molecule has 0 spiro atoms. The first-order valence-electron chi connectivity index (χ1n) is 6.68. The lowest BCUT2D eigenvalue weighted by molar-refractivity contribution is 0.188. The highest BCUT2D eigenvalue weighted by Crippen LogP contribution is 2.31. The van der Waals surface area contributed by atoms with Gasteiger partial charge in [-0.1, -0.05) is 44.0 Å². The van der Waals surface area contributed by atoms with Gasteiger partial charge in [0.2, 0.25) is 0 Å². The normalized spacial score (nSPS) is 15.2. The summed E-state index contributed by atoms with van der Waals surface area (Å²) in [7, 11) is 0. The molecule has 0 radical (unpaired) electrons. The molecule has 2 nitrogen and oxygen atoms in total. The smallest absolute Gasteiger partial charge is 0.142 e. The number of halogens is 3. The van der Waals surface area contributed by atoms with Gasteiger partial charge in [-0.25, -0.2) is 4.39 Å². The van der Waals surface area contributed by atoms with Crippen LogP contribution in [-0.4, -0.2) is 17.8 Å². The second-order valence-corrected chi connectivity index (χ2v) is 6.92. The molecule has 0 aliphatic carbocycles. The van der Waals surface area contributed by atoms with Crippen molar-refractivity contribution in [2.75, 3.05) is 6.61 Å². The molecule has 0 aliphatic heterocycles. The van der Waals surface area contributed by atoms with Gasteiger partial charge in [-0.05, 0) is 36.5 Å². The van der Waals surface area contributed by atoms with E-state index in [1.54, 1.807) is 0 Å². The number of rotatable bonds is 5. The Kier molecular flexibility index (Phi) is 6.26. The second-order valence-electron chi connectivity index (χ2n) is 6.11. The van der Waals surface area contributed by atoms with Crippen LogP contribution in [0.3, 0.4) is 0 Å². The van der Waals surface area contributed by atoms with E-state index in [1.807, 2.05) is 6.92 Å². The van der Waals surface area contributed by atoms with E-state index < -0.39 is 5.82 Å². The molecule has 0 aromatic heterocycles. The zero-order valence-electron chi connectivity index (χ0n) is 12.3. The molecule has 1 aromatic rings. The molecule has 0 fully saturated rings. The van der Waals surface area contributed by atoms with E-state index >= 15 is 0 Å². The SMILES string of the molecule is CC(NC(CCO)C(C)(C)C)c1cc(F)c(Cl)cc1Cl. The van der Waals surface area contributed by atoms with Crippen molar-refractivity contribution in [3.05, 3.63) is 33.6 Å². The fraction of sp³-hybridized carbons (Fsp3) is 0.600. The zero-order valence-corrected chi connectivity index (χ0v) is 13.8. The number of aliphatic hydroxyl groups is 1. The maximum absolute atomic E-state index is 13.6. The first kappa shape index (κ1) is 17.7. The molecule has 5 heteroatoms. The highest BCUT2D eigenvalue weighted by Gasteiger charge is 2.26. The predicted molar refractivity (Wildman–Crippen MR) is 82.9 cm³/mol. The molecule has 114 valence electrons. The minimum absolute atomic E-state index is 0.0194. The van der Waals surface area contributed by atoms with Gasteiger partial charge < -0.3 is 10.4 Å². The topological polar surface area (TPSA) is 32.3 Å². The molecule has 2 unspecified atom stereocenters. The fourth-order valence-electron chi connectivity index (χ4n) is 2.16. The van der Waals surface area contributed by atoms with Crippen molar-refractivity contribution in [3.8, 4) is 0 Å². The molecule has 2 atom stereocenters. The summed E-state index contributed by atoms with van der Waals surface area (Å²) in [5.41, 5.74) is 0.648. The third-order valence-electron chi connectivity index (χ3n) is 3.42. The Bertz CT molecular complexity index is 460. The van der Waals surface area contributed by atoms with Crippen molar-refractivity contribution < 1.29 is 9.50 Å². The molecule has 0 aliphatic rings. The zero-order chi connectivity index (χ0) is 15.5. The van der Waals surface area contributed by atoms with E-state index in [0.29, 0.717) is 17.0 Å². The van der Waals surface area contributed by atoms with Crippen LogP contribution in [0.2, 0.25) is 10.0 Å². The van der Waals surface area contributed by atoms with Gasteiger partial charge in [-0.3, -0.25) is 0 Å². The maximum atomic E-state index is 13.6. The molecule has 1 rings (SSSR count). The Morgan fingerprint density at radius 3 is 2.35 bits per heavy atom. The van der Waals surface area contributed by atoms with Gasteiger partial charge in [0.25, 0.3) is 0 Å². The summed E-state index contributed by atoms with van der Waals surface area (Å²) in [6.07, 6.45) is 0.627. The molecular formula is C15H22Cl2FNO. The van der Waals surface area contributed by atoms with E-state index in [4.69, 9.17) is 23.2 Å². The minimum Gasteiger partial charge on any atom is -0.396 e. The highest BCUT2D eigenvalue weighted by atomic mass is 35.5. The maximum Gasteiger partial charge on any atom is 0.142 e. The Morgan fingerprint density at radius 1 is 1.25 bits per heavy atom. The van der Waals surface area contributed by atoms with Crippen molar-refractivity contribution in [1.29, 1.82) is 0 Å². The van der Waals surface area contributed by atoms with Gasteiger partial charge >= 0.3 is 0 Å². The summed E-state index contributed by atoms with van der Waals surface area (Å²) >= 11 is 11.8. The summed E-state index contributed by atoms with van der Waals surface area (Å²) < 4.78 is 13.6. The molecule has 0 heterocycles. The standard InChI is InChI=1S/C15H22Cl2FNO/c1-9(19-14(5-6-20)15(2,3)4)10-7-13(18)12(17)8-11(10)16/h7-9,14,19-20H,5-6H2,1-4H3. The third-order valence-corrected chi connectivity index (χ3v) is 4.04. The molecule has 20 heavy (non-hydrogen) atoms. The van der Waals surface area contributed by atoms with Crippen LogP contribution < -0.4 is 5.32 Å². The molecule has 0 bridgehead atoms. The van der Waals surface area contributed by atoms with Crippen LogP contribution in [0.4, 0.5) is 4.39 Å². The monoisotopic (exact) mass is 321 g/mol. The lowest BCUT2D eigenvalue weighted by Crippen LogP contribution is -2.42. The van der Waals surface area contributed by atoms with Gasteiger partial charge in [0.15, 0.2) is 0 Å². The Balaban J connectivity index is 2.94. The molecule has 1 aromatic carbocycles. The number of hydrogen-bond donors (Lipinski definition) is 2. The van der Waals surface area contributed by atoms with Crippen molar-refractivity contribution in [1.82, 2.24) is 5.32 Å². The van der Waals surface area contributed by atoms with E-state index in [0.717, 1.165) is 0 Å². The Morgan fingerprint density at radius 2 is 1.85 bits per heavy atom. The molecule has 0 saturated carbocycles. The van der Waals surface area contributed by atoms with Crippen molar-refractivity contribution in [2.24, 2.45) is 5.41 Å². The third kappa shape index (κ3) is 4.59. The van der Waals surface area contributed by atoms with Crippen LogP contribution in [0.1, 0.15) is 45.7 Å². The van der Waals surface area contributed by atoms with Gasteiger partial charge in [-0.15, -0.1) is 0 Å². The van der Waals surface area contributed by atoms with E-state index in [2.05, 4.69) is 26.1 Å². The van der Waals surface area contributed by atoms with Gasteiger partial charge in [0.1, 0.15) is 5.82 Å². The van der Waals surface area contributed by atoms with Crippen LogP contribution in [0.25, 0.3) is 0 Å². The van der Waals surface area contributed by atoms with Crippen LogP contribution in [0, 0.1) is 11.2 Å². The highest BCUT2D eigenvalue weighted by molar-refractivity contribution is 6.35. The van der Waals surface area contributed by atoms with Crippen molar-refractivity contribution in [3.63, 3.8) is 0 Å². The number of aliphatic hydroxyl groups excluding tert-OH is 1. The molecule has 2 N–H and O–H groups in total. The van der Waals surface area contributed by atoms with Crippen molar-refractivity contribution in [2.45, 2.75) is 46.2 Å². The summed E-state index contributed by atoms with van der Waals surface area (Å²) in [4.78, 5) is 0. The average molecular weight is 322 g/mol. The van der Waals surface area contributed by atoms with Crippen LogP contribution in [0.15, 0.2) is 12.1 Å². The lowest BCUT2D eigenvalue weighted by atomic mass is 9.84. The van der Waals surface area contributed by atoms with Crippen LogP contribution in [-0.2, 0) is 0 Å². The van der Waals surface area contributed by atoms with E-state index in [1.165, 1.54) is 12.1 Å². The fourth-order valence-corrected chi connectivity index (χ4v) is 2.70. The summed E-state index contributed by atoms with van der Waals surface area (Å²) in [6.45, 7) is 8.31. The summed E-state index contributed by atoms with van der Waals surface area (Å²) in [5.74, 6) is -0.478.